The normalized spacial score (nSPS) is 17.7. The molecule has 0 aromatic heterocycles. The zero-order valence-electron chi connectivity index (χ0n) is 13.6. The number of anilines is 2. The molecule has 0 aliphatic carbocycles. The molecule has 2 rings (SSSR count). The molecule has 0 saturated carbocycles. The minimum Gasteiger partial charge on any atom is -0.444 e. The van der Waals surface area contributed by atoms with Crippen molar-refractivity contribution in [3.8, 4) is 0 Å². The second-order valence-electron chi connectivity index (χ2n) is 6.51. The summed E-state index contributed by atoms with van der Waals surface area (Å²) >= 11 is 0. The maximum absolute atomic E-state index is 14.0. The van der Waals surface area contributed by atoms with Crippen LogP contribution in [0.1, 0.15) is 27.2 Å². The molecule has 1 fully saturated rings. The van der Waals surface area contributed by atoms with Gasteiger partial charge in [0.1, 0.15) is 11.4 Å². The number of amides is 2. The Hall–Kier alpha value is -2.31. The molecule has 1 atom stereocenters. The van der Waals surface area contributed by atoms with Crippen molar-refractivity contribution in [1.29, 1.82) is 0 Å². The van der Waals surface area contributed by atoms with Crippen LogP contribution >= 0.6 is 0 Å². The molecule has 0 spiro atoms. The van der Waals surface area contributed by atoms with Crippen LogP contribution in [0.5, 0.6) is 0 Å². The number of nitrogens with zero attached hydrogens (tertiary/aromatic N) is 1. The highest BCUT2D eigenvalue weighted by Gasteiger charge is 2.27. The summed E-state index contributed by atoms with van der Waals surface area (Å²) in [5.74, 6) is -0.362. The van der Waals surface area contributed by atoms with Crippen molar-refractivity contribution in [2.24, 2.45) is 0 Å². The molecule has 1 aliphatic rings. The first kappa shape index (κ1) is 17.1. The zero-order valence-corrected chi connectivity index (χ0v) is 13.6. The second-order valence-corrected chi connectivity index (χ2v) is 6.51. The summed E-state index contributed by atoms with van der Waals surface area (Å²) in [5, 5.41) is 5.30. The van der Waals surface area contributed by atoms with Crippen molar-refractivity contribution in [3.05, 3.63) is 24.0 Å². The van der Waals surface area contributed by atoms with E-state index in [1.807, 2.05) is 4.90 Å². The van der Waals surface area contributed by atoms with E-state index in [9.17, 15) is 14.0 Å². The van der Waals surface area contributed by atoms with Crippen molar-refractivity contribution < 1.29 is 18.7 Å². The molecule has 6 nitrogen and oxygen atoms in total. The number of hydrogen-bond acceptors (Lipinski definition) is 4. The Morgan fingerprint density at radius 2 is 2.17 bits per heavy atom. The van der Waals surface area contributed by atoms with Crippen molar-refractivity contribution >= 4 is 23.9 Å². The van der Waals surface area contributed by atoms with E-state index >= 15 is 0 Å². The molecule has 0 bridgehead atoms. The molecule has 1 aromatic carbocycles. The van der Waals surface area contributed by atoms with Crippen LogP contribution in [0, 0.1) is 5.82 Å². The summed E-state index contributed by atoms with van der Waals surface area (Å²) in [6.07, 6.45) is 0.777. The Labute approximate surface area is 135 Å². The van der Waals surface area contributed by atoms with Gasteiger partial charge in [0.15, 0.2) is 0 Å². The summed E-state index contributed by atoms with van der Waals surface area (Å²) in [5.41, 5.74) is 0.383. The van der Waals surface area contributed by atoms with Gasteiger partial charge in [-0.25, -0.2) is 9.18 Å². The van der Waals surface area contributed by atoms with Crippen LogP contribution < -0.4 is 15.5 Å². The predicted molar refractivity (Wildman–Crippen MR) is 86.1 cm³/mol. The Morgan fingerprint density at radius 3 is 2.83 bits per heavy atom. The van der Waals surface area contributed by atoms with Gasteiger partial charge in [-0.3, -0.25) is 4.79 Å². The molecule has 1 saturated heterocycles. The van der Waals surface area contributed by atoms with Crippen molar-refractivity contribution in [2.75, 3.05) is 23.3 Å². The molecule has 2 amide bonds. The lowest BCUT2D eigenvalue weighted by Crippen LogP contribution is -2.40. The molecule has 0 radical (unpaired) electrons. The summed E-state index contributed by atoms with van der Waals surface area (Å²) in [4.78, 5) is 24.1. The number of hydrogen-bond donors (Lipinski definition) is 2. The first-order valence-electron chi connectivity index (χ1n) is 7.52. The fourth-order valence-electron chi connectivity index (χ4n) is 2.48. The van der Waals surface area contributed by atoms with Gasteiger partial charge >= 0.3 is 6.09 Å². The molecule has 126 valence electrons. The summed E-state index contributed by atoms with van der Waals surface area (Å²) in [6, 6.07) is 4.29. The van der Waals surface area contributed by atoms with Crippen LogP contribution in [-0.2, 0) is 9.53 Å². The fourth-order valence-corrected chi connectivity index (χ4v) is 2.48. The number of ether oxygens (including phenoxy) is 1. The summed E-state index contributed by atoms with van der Waals surface area (Å²) < 4.78 is 19.2. The molecule has 1 aliphatic heterocycles. The van der Waals surface area contributed by atoms with Crippen molar-refractivity contribution in [3.63, 3.8) is 0 Å². The van der Waals surface area contributed by atoms with Crippen LogP contribution in [0.15, 0.2) is 18.2 Å². The van der Waals surface area contributed by atoms with Gasteiger partial charge in [-0.15, -0.1) is 0 Å². The van der Waals surface area contributed by atoms with E-state index in [2.05, 4.69) is 10.6 Å². The molecule has 1 aromatic rings. The summed E-state index contributed by atoms with van der Waals surface area (Å²) in [7, 11) is 0. The molecule has 23 heavy (non-hydrogen) atoms. The number of alkyl carbamates (subject to hydrolysis) is 1. The number of benzene rings is 1. The van der Waals surface area contributed by atoms with Gasteiger partial charge in [-0.2, -0.15) is 0 Å². The minimum atomic E-state index is -0.552. The van der Waals surface area contributed by atoms with E-state index in [0.717, 1.165) is 0 Å². The van der Waals surface area contributed by atoms with E-state index in [-0.39, 0.29) is 11.9 Å². The van der Waals surface area contributed by atoms with Crippen LogP contribution in [0.2, 0.25) is 0 Å². The molecule has 2 N–H and O–H groups in total. The van der Waals surface area contributed by atoms with E-state index < -0.39 is 11.7 Å². The lowest BCUT2D eigenvalue weighted by atomic mass is 10.2. The van der Waals surface area contributed by atoms with Crippen LogP contribution in [0.3, 0.4) is 0 Å². The number of carbonyl (C=O) groups is 2. The van der Waals surface area contributed by atoms with E-state index in [1.165, 1.54) is 12.1 Å². The summed E-state index contributed by atoms with van der Waals surface area (Å²) in [6.45, 7) is 6.50. The Bertz CT molecular complexity index is 586. The highest BCUT2D eigenvalue weighted by Crippen LogP contribution is 2.27. The van der Waals surface area contributed by atoms with Gasteiger partial charge in [-0.1, -0.05) is 0 Å². The largest absolute Gasteiger partial charge is 0.444 e. The third-order valence-corrected chi connectivity index (χ3v) is 3.42. The highest BCUT2D eigenvalue weighted by atomic mass is 19.1. The first-order chi connectivity index (χ1) is 10.8. The maximum atomic E-state index is 14.0. The van der Waals surface area contributed by atoms with Gasteiger partial charge in [0.05, 0.1) is 11.7 Å². The van der Waals surface area contributed by atoms with Gasteiger partial charge in [-0.05, 0) is 45.4 Å². The highest BCUT2D eigenvalue weighted by molar-refractivity contribution is 5.74. The third-order valence-electron chi connectivity index (χ3n) is 3.42. The third kappa shape index (κ3) is 4.84. The average Bonchev–Trinajstić information content (AvgIpc) is 2.87. The number of halogens is 1. The van der Waals surface area contributed by atoms with Gasteiger partial charge in [0.2, 0.25) is 6.41 Å². The Morgan fingerprint density at radius 1 is 1.43 bits per heavy atom. The smallest absolute Gasteiger partial charge is 0.407 e. The lowest BCUT2D eigenvalue weighted by Gasteiger charge is -2.23. The van der Waals surface area contributed by atoms with Gasteiger partial charge in [0.25, 0.3) is 0 Å². The number of rotatable bonds is 4. The second kappa shape index (κ2) is 6.85. The standard InChI is InChI=1S/C16H22FN3O3/c1-16(2,3)23-15(22)19-12-6-7-20(9-12)14-8-11(18-10-21)4-5-13(14)17/h4-5,8,10,12H,6-7,9H2,1-3H3,(H,18,21)(H,19,22)/t12-/m1/s1. The molecule has 0 unspecified atom stereocenters. The predicted octanol–water partition coefficient (Wildman–Crippen LogP) is 2.50. The van der Waals surface area contributed by atoms with Crippen LogP contribution in [-0.4, -0.2) is 37.2 Å². The quantitative estimate of drug-likeness (QED) is 0.835. The molecule has 1 heterocycles. The average molecular weight is 323 g/mol. The van der Waals surface area contributed by atoms with Crippen LogP contribution in [0.25, 0.3) is 0 Å². The van der Waals surface area contributed by atoms with Crippen molar-refractivity contribution in [1.82, 2.24) is 5.32 Å². The first-order valence-corrected chi connectivity index (χ1v) is 7.52. The molecule has 7 heteroatoms. The minimum absolute atomic E-state index is 0.105. The maximum Gasteiger partial charge on any atom is 0.407 e. The Kier molecular flexibility index (Phi) is 5.08. The van der Waals surface area contributed by atoms with Gasteiger partial charge < -0.3 is 20.3 Å². The fraction of sp³-hybridized carbons (Fsp3) is 0.500. The van der Waals surface area contributed by atoms with E-state index in [1.54, 1.807) is 26.8 Å². The van der Waals surface area contributed by atoms with E-state index in [0.29, 0.717) is 37.3 Å². The van der Waals surface area contributed by atoms with Gasteiger partial charge in [0, 0.05) is 18.8 Å². The Balaban J connectivity index is 1.98. The number of carbonyl (C=O) groups excluding carboxylic acids is 2. The van der Waals surface area contributed by atoms with Crippen molar-refractivity contribution in [2.45, 2.75) is 38.8 Å². The zero-order chi connectivity index (χ0) is 17.0. The lowest BCUT2D eigenvalue weighted by molar-refractivity contribution is -0.105. The number of nitrogens with one attached hydrogen (secondary N) is 2. The topological polar surface area (TPSA) is 70.7 Å². The van der Waals surface area contributed by atoms with Crippen LogP contribution in [0.4, 0.5) is 20.6 Å². The van der Waals surface area contributed by atoms with E-state index in [4.69, 9.17) is 4.74 Å². The molecular formula is C16H22FN3O3. The monoisotopic (exact) mass is 323 g/mol. The molecular weight excluding hydrogens is 301 g/mol. The SMILES string of the molecule is CC(C)(C)OC(=O)N[C@@H]1CCN(c2cc(NC=O)ccc2F)C1.